The lowest BCUT2D eigenvalue weighted by Gasteiger charge is -2.28. The van der Waals surface area contributed by atoms with Crippen LogP contribution < -0.4 is 0 Å². The number of carbonyl (C=O) groups is 1. The van der Waals surface area contributed by atoms with Gasteiger partial charge in [-0.3, -0.25) is 4.79 Å². The van der Waals surface area contributed by atoms with Gasteiger partial charge in [0.2, 0.25) is 5.91 Å². The van der Waals surface area contributed by atoms with Crippen LogP contribution in [0.1, 0.15) is 31.9 Å². The molecule has 82 valence electrons. The Morgan fingerprint density at radius 1 is 1.47 bits per heavy atom. The lowest BCUT2D eigenvalue weighted by molar-refractivity contribution is -0.132. The molecule has 1 aliphatic heterocycles. The number of fused-ring (bicyclic) bond motifs is 1. The molecule has 0 fully saturated rings. The molecule has 0 radical (unpaired) electrons. The fourth-order valence-corrected chi connectivity index (χ4v) is 2.01. The van der Waals surface area contributed by atoms with Crippen molar-refractivity contribution in [2.24, 2.45) is 0 Å². The Kier molecular flexibility index (Phi) is 3.09. The highest BCUT2D eigenvalue weighted by atomic mass is 16.2. The second kappa shape index (κ2) is 4.51. The third kappa shape index (κ3) is 2.22. The van der Waals surface area contributed by atoms with E-state index in [0.29, 0.717) is 12.3 Å². The Morgan fingerprint density at radius 3 is 3.13 bits per heavy atom. The van der Waals surface area contributed by atoms with Crippen molar-refractivity contribution in [2.45, 2.75) is 39.3 Å². The molecule has 0 aromatic carbocycles. The maximum absolute atomic E-state index is 11.8. The van der Waals surface area contributed by atoms with Crippen LogP contribution in [0.5, 0.6) is 0 Å². The van der Waals surface area contributed by atoms with Gasteiger partial charge in [0.25, 0.3) is 0 Å². The molecular formula is C12H18N2O. The fourth-order valence-electron chi connectivity index (χ4n) is 2.01. The summed E-state index contributed by atoms with van der Waals surface area (Å²) in [6.07, 6.45) is 4.90. The molecule has 15 heavy (non-hydrogen) atoms. The molecular weight excluding hydrogens is 188 g/mol. The van der Waals surface area contributed by atoms with Gasteiger partial charge in [-0.15, -0.1) is 0 Å². The molecule has 3 nitrogen and oxygen atoms in total. The summed E-state index contributed by atoms with van der Waals surface area (Å²) in [5.41, 5.74) is 1.26. The van der Waals surface area contributed by atoms with Crippen LogP contribution in [0.4, 0.5) is 0 Å². The molecule has 0 unspecified atom stereocenters. The van der Waals surface area contributed by atoms with Crippen LogP contribution in [0.25, 0.3) is 0 Å². The van der Waals surface area contributed by atoms with Gasteiger partial charge in [0.15, 0.2) is 0 Å². The Labute approximate surface area is 90.7 Å². The molecule has 0 atom stereocenters. The fraction of sp³-hybridized carbons (Fsp3) is 0.583. The zero-order chi connectivity index (χ0) is 10.7. The third-order valence-electron chi connectivity index (χ3n) is 2.98. The predicted octanol–water partition coefficient (Wildman–Crippen LogP) is 2.02. The summed E-state index contributed by atoms with van der Waals surface area (Å²) < 4.78 is 2.23. The van der Waals surface area contributed by atoms with E-state index in [1.807, 2.05) is 4.90 Å². The minimum atomic E-state index is 0.310. The molecule has 2 rings (SSSR count). The number of rotatable bonds is 3. The number of hydrogen-bond acceptors (Lipinski definition) is 1. The summed E-state index contributed by atoms with van der Waals surface area (Å²) in [7, 11) is 0. The largest absolute Gasteiger partial charge is 0.348 e. The zero-order valence-corrected chi connectivity index (χ0v) is 9.28. The number of nitrogens with zero attached hydrogens (tertiary/aromatic N) is 2. The van der Waals surface area contributed by atoms with Crippen molar-refractivity contribution >= 4 is 5.91 Å². The van der Waals surface area contributed by atoms with Crippen LogP contribution in [0, 0.1) is 0 Å². The summed E-state index contributed by atoms with van der Waals surface area (Å²) in [5, 5.41) is 0. The second-order valence-corrected chi connectivity index (χ2v) is 4.11. The summed E-state index contributed by atoms with van der Waals surface area (Å²) in [6, 6.07) is 4.15. The standard InChI is InChI=1S/C12H18N2O/c1-2-3-6-12(15)14-9-8-13-7-4-5-11(13)10-14/h4-5,7H,2-3,6,8-10H2,1H3. The number of unbranched alkanes of at least 4 members (excludes halogenated alkanes) is 1. The maximum Gasteiger partial charge on any atom is 0.222 e. The van der Waals surface area contributed by atoms with Crippen molar-refractivity contribution in [2.75, 3.05) is 6.54 Å². The summed E-state index contributed by atoms with van der Waals surface area (Å²) in [4.78, 5) is 13.8. The van der Waals surface area contributed by atoms with Gasteiger partial charge < -0.3 is 9.47 Å². The van der Waals surface area contributed by atoms with Crippen LogP contribution in [-0.2, 0) is 17.9 Å². The van der Waals surface area contributed by atoms with Crippen LogP contribution in [0.3, 0.4) is 0 Å². The summed E-state index contributed by atoms with van der Waals surface area (Å²) in [5.74, 6) is 0.310. The minimum absolute atomic E-state index is 0.310. The molecule has 1 amide bonds. The molecule has 0 saturated carbocycles. The van der Waals surface area contributed by atoms with E-state index < -0.39 is 0 Å². The van der Waals surface area contributed by atoms with Crippen LogP contribution in [0.2, 0.25) is 0 Å². The van der Waals surface area contributed by atoms with Gasteiger partial charge in [0.05, 0.1) is 6.54 Å². The monoisotopic (exact) mass is 206 g/mol. The van der Waals surface area contributed by atoms with Crippen molar-refractivity contribution in [3.8, 4) is 0 Å². The van der Waals surface area contributed by atoms with E-state index in [2.05, 4.69) is 29.8 Å². The SMILES string of the molecule is CCCCC(=O)N1CCn2cccc2C1. The van der Waals surface area contributed by atoms with Gasteiger partial charge in [0.1, 0.15) is 0 Å². The first kappa shape index (κ1) is 10.3. The highest BCUT2D eigenvalue weighted by molar-refractivity contribution is 5.76. The van der Waals surface area contributed by atoms with E-state index in [4.69, 9.17) is 0 Å². The van der Waals surface area contributed by atoms with Gasteiger partial charge in [0, 0.05) is 31.4 Å². The van der Waals surface area contributed by atoms with E-state index in [1.165, 1.54) is 5.69 Å². The van der Waals surface area contributed by atoms with Crippen LogP contribution in [-0.4, -0.2) is 21.9 Å². The molecule has 0 bridgehead atoms. The molecule has 0 N–H and O–H groups in total. The first-order valence-corrected chi connectivity index (χ1v) is 5.73. The van der Waals surface area contributed by atoms with Crippen LogP contribution in [0.15, 0.2) is 18.3 Å². The maximum atomic E-state index is 11.8. The Balaban J connectivity index is 1.94. The van der Waals surface area contributed by atoms with Gasteiger partial charge in [-0.25, -0.2) is 0 Å². The topological polar surface area (TPSA) is 25.2 Å². The highest BCUT2D eigenvalue weighted by Crippen LogP contribution is 2.14. The van der Waals surface area contributed by atoms with Crippen molar-refractivity contribution in [1.29, 1.82) is 0 Å². The van der Waals surface area contributed by atoms with Crippen molar-refractivity contribution < 1.29 is 4.79 Å². The smallest absolute Gasteiger partial charge is 0.222 e. The number of hydrogen-bond donors (Lipinski definition) is 0. The summed E-state index contributed by atoms with van der Waals surface area (Å²) in [6.45, 7) is 4.72. The van der Waals surface area contributed by atoms with Gasteiger partial charge >= 0.3 is 0 Å². The average Bonchev–Trinajstić information content (AvgIpc) is 2.72. The third-order valence-corrected chi connectivity index (χ3v) is 2.98. The van der Waals surface area contributed by atoms with Crippen molar-refractivity contribution in [1.82, 2.24) is 9.47 Å². The van der Waals surface area contributed by atoms with E-state index in [1.54, 1.807) is 0 Å². The van der Waals surface area contributed by atoms with Crippen molar-refractivity contribution in [3.05, 3.63) is 24.0 Å². The number of amides is 1. The molecule has 3 heteroatoms. The molecule has 1 aliphatic rings. The van der Waals surface area contributed by atoms with E-state index in [0.717, 1.165) is 32.5 Å². The lowest BCUT2D eigenvalue weighted by atomic mass is 10.2. The minimum Gasteiger partial charge on any atom is -0.348 e. The molecule has 1 aromatic rings. The molecule has 0 spiro atoms. The number of aromatic nitrogens is 1. The normalized spacial score (nSPS) is 15.1. The lowest BCUT2D eigenvalue weighted by Crippen LogP contribution is -2.37. The van der Waals surface area contributed by atoms with E-state index >= 15 is 0 Å². The Bertz CT molecular complexity index is 343. The predicted molar refractivity (Wildman–Crippen MR) is 59.4 cm³/mol. The van der Waals surface area contributed by atoms with Crippen molar-refractivity contribution in [3.63, 3.8) is 0 Å². The Morgan fingerprint density at radius 2 is 2.33 bits per heavy atom. The highest BCUT2D eigenvalue weighted by Gasteiger charge is 2.18. The molecule has 0 aliphatic carbocycles. The van der Waals surface area contributed by atoms with Gasteiger partial charge in [-0.05, 0) is 18.6 Å². The van der Waals surface area contributed by atoms with Gasteiger partial charge in [-0.1, -0.05) is 13.3 Å². The molecule has 0 saturated heterocycles. The average molecular weight is 206 g/mol. The van der Waals surface area contributed by atoms with E-state index in [-0.39, 0.29) is 0 Å². The first-order chi connectivity index (χ1) is 7.31. The zero-order valence-electron chi connectivity index (χ0n) is 9.28. The second-order valence-electron chi connectivity index (χ2n) is 4.11. The Hall–Kier alpha value is -1.25. The van der Waals surface area contributed by atoms with E-state index in [9.17, 15) is 4.79 Å². The molecule has 1 aromatic heterocycles. The van der Waals surface area contributed by atoms with Gasteiger partial charge in [-0.2, -0.15) is 0 Å². The quantitative estimate of drug-likeness (QED) is 0.742. The first-order valence-electron chi connectivity index (χ1n) is 5.73. The van der Waals surface area contributed by atoms with Crippen LogP contribution >= 0.6 is 0 Å². The molecule has 2 heterocycles. The summed E-state index contributed by atoms with van der Waals surface area (Å²) >= 11 is 0. The number of carbonyl (C=O) groups excluding carboxylic acids is 1.